The van der Waals surface area contributed by atoms with E-state index in [1.165, 1.54) is 11.3 Å². The summed E-state index contributed by atoms with van der Waals surface area (Å²) in [5, 5.41) is 5.14. The summed E-state index contributed by atoms with van der Waals surface area (Å²) >= 11 is 1.35. The number of aromatic nitrogens is 1. The van der Waals surface area contributed by atoms with E-state index < -0.39 is 0 Å². The highest BCUT2D eigenvalue weighted by molar-refractivity contribution is 7.13. The molecule has 0 atom stereocenters. The first kappa shape index (κ1) is 26.1. The van der Waals surface area contributed by atoms with Crippen LogP contribution >= 0.6 is 36.2 Å². The Balaban J connectivity index is 0.00000338. The minimum absolute atomic E-state index is 0. The van der Waals surface area contributed by atoms with E-state index in [1.54, 1.807) is 0 Å². The van der Waals surface area contributed by atoms with Crippen LogP contribution in [0.25, 0.3) is 0 Å². The van der Waals surface area contributed by atoms with Crippen LogP contribution in [-0.2, 0) is 20.7 Å². The van der Waals surface area contributed by atoms with Gasteiger partial charge in [0.1, 0.15) is 0 Å². The summed E-state index contributed by atoms with van der Waals surface area (Å²) in [6.07, 6.45) is 3.10. The highest BCUT2D eigenvalue weighted by atomic mass is 35.5. The first-order valence-corrected chi connectivity index (χ1v) is 9.72. The molecule has 7 nitrogen and oxygen atoms in total. The van der Waals surface area contributed by atoms with Gasteiger partial charge in [0.25, 0.3) is 0 Å². The fourth-order valence-electron chi connectivity index (χ4n) is 2.57. The Hall–Kier alpha value is -0.930. The normalized spacial score (nSPS) is 14.4. The molecule has 0 aromatic carbocycles. The molecule has 2 heterocycles. The molecular weight excluding hydrogens is 411 g/mol. The third-order valence-corrected chi connectivity index (χ3v) is 4.94. The van der Waals surface area contributed by atoms with E-state index in [4.69, 9.17) is 10.5 Å². The van der Waals surface area contributed by atoms with Crippen molar-refractivity contribution in [3.05, 3.63) is 11.1 Å². The van der Waals surface area contributed by atoms with Gasteiger partial charge < -0.3 is 20.7 Å². The van der Waals surface area contributed by atoms with Crippen LogP contribution in [0.4, 0.5) is 5.13 Å². The van der Waals surface area contributed by atoms with E-state index in [2.05, 4.69) is 10.3 Å². The van der Waals surface area contributed by atoms with Gasteiger partial charge in [-0.3, -0.25) is 9.59 Å². The number of amides is 2. The molecule has 1 aliphatic heterocycles. The SMILES string of the molecule is CC(C)C(=O)Nc1nc(CC(=O)N2CCC(OCCCN)CC2)cs1.Cl.Cl. The summed E-state index contributed by atoms with van der Waals surface area (Å²) in [5.41, 5.74) is 6.17. The van der Waals surface area contributed by atoms with Crippen molar-refractivity contribution in [1.82, 2.24) is 9.88 Å². The third kappa shape index (κ3) is 8.74. The van der Waals surface area contributed by atoms with Crippen LogP contribution in [0.1, 0.15) is 38.8 Å². The van der Waals surface area contributed by atoms with Crippen molar-refractivity contribution < 1.29 is 14.3 Å². The van der Waals surface area contributed by atoms with Crippen molar-refractivity contribution in [3.63, 3.8) is 0 Å². The van der Waals surface area contributed by atoms with Crippen LogP contribution in [0.5, 0.6) is 0 Å². The summed E-state index contributed by atoms with van der Waals surface area (Å²) in [7, 11) is 0. The zero-order chi connectivity index (χ0) is 18.2. The maximum Gasteiger partial charge on any atom is 0.228 e. The lowest BCUT2D eigenvalue weighted by molar-refractivity contribution is -0.133. The summed E-state index contributed by atoms with van der Waals surface area (Å²) in [6, 6.07) is 0. The first-order valence-electron chi connectivity index (χ1n) is 8.84. The summed E-state index contributed by atoms with van der Waals surface area (Å²) < 4.78 is 5.76. The lowest BCUT2D eigenvalue weighted by Gasteiger charge is -2.32. The summed E-state index contributed by atoms with van der Waals surface area (Å²) in [5.74, 6) is -0.0845. The van der Waals surface area contributed by atoms with Crippen LogP contribution in [0, 0.1) is 5.92 Å². The van der Waals surface area contributed by atoms with Crippen molar-refractivity contribution in [1.29, 1.82) is 0 Å². The van der Waals surface area contributed by atoms with Gasteiger partial charge in [0, 0.05) is 31.0 Å². The number of carbonyl (C=O) groups is 2. The lowest BCUT2D eigenvalue weighted by atomic mass is 10.1. The van der Waals surface area contributed by atoms with Crippen LogP contribution in [0.3, 0.4) is 0 Å². The molecule has 0 aliphatic carbocycles. The standard InChI is InChI=1S/C17H28N4O3S.2ClH/c1-12(2)16(23)20-17-19-13(11-25-17)10-15(22)21-7-4-14(5-8-21)24-9-3-6-18;;/h11-12,14H,3-10,18H2,1-2H3,(H,19,20,23);2*1H. The van der Waals surface area contributed by atoms with Crippen molar-refractivity contribution >= 4 is 53.1 Å². The second-order valence-corrected chi connectivity index (χ2v) is 7.42. The Morgan fingerprint density at radius 1 is 1.37 bits per heavy atom. The van der Waals surface area contributed by atoms with Crippen LogP contribution in [-0.4, -0.2) is 54.0 Å². The van der Waals surface area contributed by atoms with Gasteiger partial charge in [-0.1, -0.05) is 13.8 Å². The average Bonchev–Trinajstić information content (AvgIpc) is 3.02. The number of anilines is 1. The molecular formula is C17H30Cl2N4O3S. The zero-order valence-corrected chi connectivity index (χ0v) is 18.3. The van der Waals surface area contributed by atoms with Gasteiger partial charge in [-0.2, -0.15) is 0 Å². The van der Waals surface area contributed by atoms with E-state index >= 15 is 0 Å². The van der Waals surface area contributed by atoms with Crippen molar-refractivity contribution in [3.8, 4) is 0 Å². The molecule has 156 valence electrons. The second-order valence-electron chi connectivity index (χ2n) is 6.56. The number of nitrogens with zero attached hydrogens (tertiary/aromatic N) is 2. The molecule has 3 N–H and O–H groups in total. The second kappa shape index (κ2) is 13.3. The molecule has 0 unspecified atom stereocenters. The van der Waals surface area contributed by atoms with E-state index in [0.717, 1.165) is 19.3 Å². The Morgan fingerprint density at radius 2 is 2.04 bits per heavy atom. The van der Waals surface area contributed by atoms with E-state index in [0.29, 0.717) is 37.1 Å². The molecule has 1 aromatic heterocycles. The zero-order valence-electron chi connectivity index (χ0n) is 15.8. The quantitative estimate of drug-likeness (QED) is 0.604. The van der Waals surface area contributed by atoms with Crippen molar-refractivity contribution in [2.45, 2.75) is 45.6 Å². The maximum absolute atomic E-state index is 12.4. The lowest BCUT2D eigenvalue weighted by Crippen LogP contribution is -2.41. The smallest absolute Gasteiger partial charge is 0.228 e. The summed E-state index contributed by atoms with van der Waals surface area (Å²) in [6.45, 7) is 6.43. The average molecular weight is 441 g/mol. The molecule has 10 heteroatoms. The van der Waals surface area contributed by atoms with Gasteiger partial charge in [0.15, 0.2) is 5.13 Å². The minimum Gasteiger partial charge on any atom is -0.378 e. The van der Waals surface area contributed by atoms with Gasteiger partial charge in [-0.25, -0.2) is 4.98 Å². The topological polar surface area (TPSA) is 97.5 Å². The number of halogens is 2. The molecule has 2 rings (SSSR count). The number of thiazole rings is 1. The Kier molecular flexibility index (Phi) is 12.8. The number of nitrogens with two attached hydrogens (primary N) is 1. The molecule has 1 aliphatic rings. The Labute approximate surface area is 177 Å². The van der Waals surface area contributed by atoms with E-state index in [1.807, 2.05) is 24.1 Å². The molecule has 27 heavy (non-hydrogen) atoms. The van der Waals surface area contributed by atoms with Gasteiger partial charge in [-0.05, 0) is 25.8 Å². The highest BCUT2D eigenvalue weighted by Gasteiger charge is 2.23. The minimum atomic E-state index is -0.0950. The predicted molar refractivity (Wildman–Crippen MR) is 113 cm³/mol. The fraction of sp³-hybridized carbons (Fsp3) is 0.706. The van der Waals surface area contributed by atoms with Gasteiger partial charge in [0.2, 0.25) is 11.8 Å². The number of hydrogen-bond donors (Lipinski definition) is 2. The molecule has 0 radical (unpaired) electrons. The van der Waals surface area contributed by atoms with E-state index in [9.17, 15) is 9.59 Å². The number of likely N-dealkylation sites (tertiary alicyclic amines) is 1. The molecule has 0 spiro atoms. The fourth-order valence-corrected chi connectivity index (χ4v) is 3.28. The molecule has 0 bridgehead atoms. The number of carbonyl (C=O) groups excluding carboxylic acids is 2. The molecule has 1 aromatic rings. The largest absolute Gasteiger partial charge is 0.378 e. The summed E-state index contributed by atoms with van der Waals surface area (Å²) in [4.78, 5) is 30.3. The monoisotopic (exact) mass is 440 g/mol. The third-order valence-electron chi connectivity index (χ3n) is 4.14. The predicted octanol–water partition coefficient (Wildman–Crippen LogP) is 2.48. The number of piperidine rings is 1. The van der Waals surface area contributed by atoms with E-state index in [-0.39, 0.29) is 55.1 Å². The van der Waals surface area contributed by atoms with Crippen LogP contribution in [0.15, 0.2) is 5.38 Å². The molecule has 1 fully saturated rings. The maximum atomic E-state index is 12.4. The number of hydrogen-bond acceptors (Lipinski definition) is 6. The Bertz CT molecular complexity index is 578. The van der Waals surface area contributed by atoms with Gasteiger partial charge in [-0.15, -0.1) is 36.2 Å². The number of rotatable bonds is 8. The first-order chi connectivity index (χ1) is 12.0. The van der Waals surface area contributed by atoms with Crippen LogP contribution in [0.2, 0.25) is 0 Å². The number of ether oxygens (including phenoxy) is 1. The molecule has 2 amide bonds. The van der Waals surface area contributed by atoms with Crippen molar-refractivity contribution in [2.75, 3.05) is 31.6 Å². The molecule has 0 saturated carbocycles. The van der Waals surface area contributed by atoms with Gasteiger partial charge in [0.05, 0.1) is 18.2 Å². The Morgan fingerprint density at radius 3 is 2.63 bits per heavy atom. The molecule has 1 saturated heterocycles. The van der Waals surface area contributed by atoms with Crippen LogP contribution < -0.4 is 11.1 Å². The van der Waals surface area contributed by atoms with Gasteiger partial charge >= 0.3 is 0 Å². The van der Waals surface area contributed by atoms with Crippen molar-refractivity contribution in [2.24, 2.45) is 11.7 Å². The highest BCUT2D eigenvalue weighted by Crippen LogP contribution is 2.19. The number of nitrogens with one attached hydrogen (secondary N) is 1.